The fourth-order valence-electron chi connectivity index (χ4n) is 2.54. The molecule has 1 heterocycles. The van der Waals surface area contributed by atoms with E-state index in [4.69, 9.17) is 16.0 Å². The van der Waals surface area contributed by atoms with Crippen molar-refractivity contribution in [1.82, 2.24) is 16.0 Å². The molecule has 0 spiro atoms. The number of amides is 3. The van der Waals surface area contributed by atoms with Gasteiger partial charge in [0.15, 0.2) is 0 Å². The zero-order valence-corrected chi connectivity index (χ0v) is 13.7. The first-order chi connectivity index (χ1) is 11.6. The highest BCUT2D eigenvalue weighted by Crippen LogP contribution is 2.43. The Kier molecular flexibility index (Phi) is 5.05. The van der Waals surface area contributed by atoms with Gasteiger partial charge in [0.25, 0.3) is 0 Å². The van der Waals surface area contributed by atoms with E-state index in [9.17, 15) is 9.59 Å². The van der Waals surface area contributed by atoms with Gasteiger partial charge in [-0.2, -0.15) is 0 Å². The van der Waals surface area contributed by atoms with Gasteiger partial charge in [0, 0.05) is 17.0 Å². The molecule has 1 aliphatic rings. The number of hydrogen-bond donors (Lipinski definition) is 3. The molecule has 24 heavy (non-hydrogen) atoms. The van der Waals surface area contributed by atoms with Crippen LogP contribution < -0.4 is 16.0 Å². The third kappa shape index (κ3) is 4.29. The quantitative estimate of drug-likeness (QED) is 0.750. The summed E-state index contributed by atoms with van der Waals surface area (Å²) in [5.41, 5.74) is 1.05. The minimum Gasteiger partial charge on any atom is -0.467 e. The van der Waals surface area contributed by atoms with Crippen molar-refractivity contribution in [2.75, 3.05) is 6.54 Å². The zero-order valence-electron chi connectivity index (χ0n) is 12.9. The van der Waals surface area contributed by atoms with E-state index in [0.29, 0.717) is 5.76 Å². The molecule has 1 aromatic heterocycles. The molecule has 0 aliphatic heterocycles. The van der Waals surface area contributed by atoms with E-state index in [1.807, 2.05) is 24.3 Å². The molecular weight excluding hydrogens is 330 g/mol. The van der Waals surface area contributed by atoms with Crippen LogP contribution in [0.5, 0.6) is 0 Å². The Morgan fingerprint density at radius 2 is 2.00 bits per heavy atom. The average molecular weight is 348 g/mol. The molecule has 1 fully saturated rings. The van der Waals surface area contributed by atoms with Gasteiger partial charge in [-0.15, -0.1) is 0 Å². The van der Waals surface area contributed by atoms with E-state index >= 15 is 0 Å². The molecule has 3 rings (SSSR count). The maximum atomic E-state index is 11.9. The number of benzene rings is 1. The molecular formula is C17H18ClN3O3. The Bertz CT molecular complexity index is 718. The van der Waals surface area contributed by atoms with Gasteiger partial charge in [-0.3, -0.25) is 4.79 Å². The van der Waals surface area contributed by atoms with Crippen molar-refractivity contribution < 1.29 is 14.0 Å². The summed E-state index contributed by atoms with van der Waals surface area (Å²) in [5.74, 6) is 0.674. The molecule has 0 bridgehead atoms. The first-order valence-corrected chi connectivity index (χ1v) is 8.09. The molecule has 3 N–H and O–H groups in total. The lowest BCUT2D eigenvalue weighted by Gasteiger charge is -2.08. The largest absolute Gasteiger partial charge is 0.467 e. The number of urea groups is 1. The first kappa shape index (κ1) is 16.4. The van der Waals surface area contributed by atoms with Gasteiger partial charge in [0.2, 0.25) is 5.91 Å². The molecule has 7 heteroatoms. The number of halogens is 1. The van der Waals surface area contributed by atoms with Crippen LogP contribution in [0.3, 0.4) is 0 Å². The number of furan rings is 1. The maximum Gasteiger partial charge on any atom is 0.315 e. The van der Waals surface area contributed by atoms with Crippen molar-refractivity contribution in [3.63, 3.8) is 0 Å². The molecule has 2 atom stereocenters. The number of carbonyl (C=O) groups is 2. The highest BCUT2D eigenvalue weighted by atomic mass is 35.5. The lowest BCUT2D eigenvalue weighted by molar-refractivity contribution is -0.120. The molecule has 6 nitrogen and oxygen atoms in total. The molecule has 126 valence electrons. The maximum absolute atomic E-state index is 11.9. The molecule has 0 unspecified atom stereocenters. The Morgan fingerprint density at radius 1 is 1.17 bits per heavy atom. The van der Waals surface area contributed by atoms with Crippen LogP contribution in [-0.2, 0) is 11.3 Å². The van der Waals surface area contributed by atoms with Crippen LogP contribution in [-0.4, -0.2) is 24.5 Å². The van der Waals surface area contributed by atoms with Crippen LogP contribution in [0.2, 0.25) is 5.02 Å². The summed E-state index contributed by atoms with van der Waals surface area (Å²) in [7, 11) is 0. The van der Waals surface area contributed by atoms with Gasteiger partial charge in [-0.05, 0) is 30.2 Å². The van der Waals surface area contributed by atoms with Gasteiger partial charge in [-0.25, -0.2) is 4.79 Å². The fraction of sp³-hybridized carbons (Fsp3) is 0.294. The Morgan fingerprint density at radius 3 is 2.75 bits per heavy atom. The Hall–Kier alpha value is -2.47. The topological polar surface area (TPSA) is 83.4 Å². The monoisotopic (exact) mass is 347 g/mol. The number of hydrogen-bond acceptors (Lipinski definition) is 3. The summed E-state index contributed by atoms with van der Waals surface area (Å²) in [6.07, 6.45) is 2.40. The molecule has 3 amide bonds. The van der Waals surface area contributed by atoms with Gasteiger partial charge in [-0.1, -0.05) is 29.8 Å². The second kappa shape index (κ2) is 7.40. The summed E-state index contributed by atoms with van der Waals surface area (Å²) < 4.78 is 5.10. The Balaban J connectivity index is 1.36. The second-order valence-electron chi connectivity index (χ2n) is 5.65. The van der Waals surface area contributed by atoms with Gasteiger partial charge in [0.05, 0.1) is 19.4 Å². The van der Waals surface area contributed by atoms with E-state index in [2.05, 4.69) is 16.0 Å². The first-order valence-electron chi connectivity index (χ1n) is 7.71. The normalized spacial score (nSPS) is 18.7. The highest BCUT2D eigenvalue weighted by molar-refractivity contribution is 6.31. The average Bonchev–Trinajstić information content (AvgIpc) is 3.11. The summed E-state index contributed by atoms with van der Waals surface area (Å²) in [5, 5.41) is 8.74. The van der Waals surface area contributed by atoms with E-state index in [-0.39, 0.29) is 31.0 Å². The molecule has 1 aromatic carbocycles. The van der Waals surface area contributed by atoms with E-state index < -0.39 is 6.03 Å². The molecule has 1 aliphatic carbocycles. The number of nitrogens with one attached hydrogen (secondary N) is 3. The van der Waals surface area contributed by atoms with Crippen molar-refractivity contribution >= 4 is 23.5 Å². The van der Waals surface area contributed by atoms with Crippen LogP contribution in [0, 0.1) is 0 Å². The molecule has 1 saturated carbocycles. The standard InChI is InChI=1S/C17H18ClN3O3/c18-14-6-2-1-5-12(14)13-8-15(13)21-16(22)10-20-17(23)19-9-11-4-3-7-24-11/h1-7,13,15H,8-10H2,(H,21,22)(H2,19,20,23)/t13-,15-/m0/s1. The van der Waals surface area contributed by atoms with Crippen molar-refractivity contribution in [3.05, 3.63) is 59.0 Å². The predicted octanol–water partition coefficient (Wildman–Crippen LogP) is 2.40. The SMILES string of the molecule is O=C(CNC(=O)NCc1ccco1)N[C@H]1C[C@H]1c1ccccc1Cl. The van der Waals surface area contributed by atoms with Gasteiger partial charge in [0.1, 0.15) is 5.76 Å². The van der Waals surface area contributed by atoms with Crippen molar-refractivity contribution in [2.24, 2.45) is 0 Å². The summed E-state index contributed by atoms with van der Waals surface area (Å²) >= 11 is 6.16. The van der Waals surface area contributed by atoms with E-state index in [1.165, 1.54) is 6.26 Å². The zero-order chi connectivity index (χ0) is 16.9. The molecule has 0 radical (unpaired) electrons. The van der Waals surface area contributed by atoms with Gasteiger partial charge < -0.3 is 20.4 Å². The van der Waals surface area contributed by atoms with Crippen LogP contribution >= 0.6 is 11.6 Å². The third-order valence-electron chi connectivity index (χ3n) is 3.85. The van der Waals surface area contributed by atoms with Crippen LogP contribution in [0.25, 0.3) is 0 Å². The number of carbonyl (C=O) groups excluding carboxylic acids is 2. The summed E-state index contributed by atoms with van der Waals surface area (Å²) in [6, 6.07) is 10.8. The van der Waals surface area contributed by atoms with Crippen LogP contribution in [0.1, 0.15) is 23.7 Å². The van der Waals surface area contributed by atoms with Crippen LogP contribution in [0.15, 0.2) is 47.1 Å². The van der Waals surface area contributed by atoms with Gasteiger partial charge >= 0.3 is 6.03 Å². The van der Waals surface area contributed by atoms with E-state index in [1.54, 1.807) is 12.1 Å². The van der Waals surface area contributed by atoms with Crippen molar-refractivity contribution in [1.29, 1.82) is 0 Å². The Labute approximate surface area is 144 Å². The van der Waals surface area contributed by atoms with Crippen LogP contribution in [0.4, 0.5) is 4.79 Å². The summed E-state index contributed by atoms with van der Waals surface area (Å²) in [4.78, 5) is 23.5. The third-order valence-corrected chi connectivity index (χ3v) is 4.20. The lowest BCUT2D eigenvalue weighted by Crippen LogP contribution is -2.42. The van der Waals surface area contributed by atoms with Crippen molar-refractivity contribution in [2.45, 2.75) is 24.9 Å². The van der Waals surface area contributed by atoms with E-state index in [0.717, 1.165) is 17.0 Å². The molecule has 0 saturated heterocycles. The predicted molar refractivity (Wildman–Crippen MR) is 89.7 cm³/mol. The molecule has 2 aromatic rings. The fourth-order valence-corrected chi connectivity index (χ4v) is 2.81. The number of rotatable bonds is 6. The minimum atomic E-state index is -0.417. The highest BCUT2D eigenvalue weighted by Gasteiger charge is 2.40. The smallest absolute Gasteiger partial charge is 0.315 e. The van der Waals surface area contributed by atoms with Crippen molar-refractivity contribution in [3.8, 4) is 0 Å². The minimum absolute atomic E-state index is 0.0737. The summed E-state index contributed by atoms with van der Waals surface area (Å²) in [6.45, 7) is 0.202. The second-order valence-corrected chi connectivity index (χ2v) is 6.06. The lowest BCUT2D eigenvalue weighted by atomic mass is 10.1.